The highest BCUT2D eigenvalue weighted by Crippen LogP contribution is 2.33. The van der Waals surface area contributed by atoms with Crippen molar-refractivity contribution in [2.45, 2.75) is 6.92 Å². The van der Waals surface area contributed by atoms with Gasteiger partial charge in [-0.2, -0.15) is 0 Å². The Labute approximate surface area is 121 Å². The number of para-hydroxylation sites is 1. The molecule has 1 heterocycles. The molecular weight excluding hydrogens is 369 g/mol. The summed E-state index contributed by atoms with van der Waals surface area (Å²) in [5.41, 5.74) is 1.84. The molecular formula is C11H8Br2ClN3. The molecule has 0 amide bonds. The van der Waals surface area contributed by atoms with E-state index in [-0.39, 0.29) is 5.28 Å². The maximum Gasteiger partial charge on any atom is 0.224 e. The summed E-state index contributed by atoms with van der Waals surface area (Å²) in [7, 11) is 0. The van der Waals surface area contributed by atoms with E-state index in [9.17, 15) is 0 Å². The van der Waals surface area contributed by atoms with Crippen molar-refractivity contribution in [3.05, 3.63) is 44.2 Å². The van der Waals surface area contributed by atoms with E-state index in [0.717, 1.165) is 20.2 Å². The van der Waals surface area contributed by atoms with Crippen LogP contribution in [0.1, 0.15) is 5.56 Å². The normalized spacial score (nSPS) is 10.4. The summed E-state index contributed by atoms with van der Waals surface area (Å²) >= 11 is 12.7. The van der Waals surface area contributed by atoms with Gasteiger partial charge in [0.2, 0.25) is 5.28 Å². The molecule has 0 atom stereocenters. The first-order valence-corrected chi connectivity index (χ1v) is 6.74. The fourth-order valence-electron chi connectivity index (χ4n) is 1.28. The molecule has 1 aromatic heterocycles. The summed E-state index contributed by atoms with van der Waals surface area (Å²) in [5.74, 6) is 0.692. The second-order valence-electron chi connectivity index (χ2n) is 3.39. The molecule has 0 aliphatic carbocycles. The molecule has 2 rings (SSSR count). The van der Waals surface area contributed by atoms with E-state index in [2.05, 4.69) is 47.1 Å². The monoisotopic (exact) mass is 375 g/mol. The standard InChI is InChI=1S/C11H8Br2ClN3/c1-6-5-15-11(14)17-10(6)16-9-7(12)3-2-4-8(9)13/h2-5H,1H3,(H,15,16,17). The van der Waals surface area contributed by atoms with E-state index in [1.165, 1.54) is 0 Å². The molecule has 2 aromatic rings. The summed E-state index contributed by atoms with van der Waals surface area (Å²) in [6.07, 6.45) is 1.68. The zero-order valence-corrected chi connectivity index (χ0v) is 12.8. The molecule has 0 saturated heterocycles. The van der Waals surface area contributed by atoms with E-state index in [0.29, 0.717) is 5.82 Å². The van der Waals surface area contributed by atoms with Crippen molar-refractivity contribution in [2.24, 2.45) is 0 Å². The van der Waals surface area contributed by atoms with Crippen LogP contribution in [-0.2, 0) is 0 Å². The van der Waals surface area contributed by atoms with Gasteiger partial charge in [-0.1, -0.05) is 6.07 Å². The molecule has 3 nitrogen and oxygen atoms in total. The highest BCUT2D eigenvalue weighted by molar-refractivity contribution is 9.11. The predicted octanol–water partition coefficient (Wildman–Crippen LogP) is 4.71. The van der Waals surface area contributed by atoms with Gasteiger partial charge in [0.15, 0.2) is 0 Å². The van der Waals surface area contributed by atoms with Gasteiger partial charge in [0, 0.05) is 20.7 Å². The Morgan fingerprint density at radius 3 is 2.53 bits per heavy atom. The Kier molecular flexibility index (Phi) is 4.01. The molecule has 1 N–H and O–H groups in total. The van der Waals surface area contributed by atoms with Crippen LogP contribution in [-0.4, -0.2) is 9.97 Å². The highest BCUT2D eigenvalue weighted by Gasteiger charge is 2.08. The average molecular weight is 377 g/mol. The van der Waals surface area contributed by atoms with Crippen molar-refractivity contribution in [1.29, 1.82) is 0 Å². The fourth-order valence-corrected chi connectivity index (χ4v) is 2.61. The second-order valence-corrected chi connectivity index (χ2v) is 5.44. The number of aromatic nitrogens is 2. The van der Waals surface area contributed by atoms with Crippen molar-refractivity contribution in [3.63, 3.8) is 0 Å². The number of aryl methyl sites for hydroxylation is 1. The molecule has 17 heavy (non-hydrogen) atoms. The molecule has 1 aromatic carbocycles. The molecule has 0 bridgehead atoms. The van der Waals surface area contributed by atoms with E-state index in [1.807, 2.05) is 25.1 Å². The Balaban J connectivity index is 2.41. The lowest BCUT2D eigenvalue weighted by Crippen LogP contribution is -1.99. The van der Waals surface area contributed by atoms with Crippen molar-refractivity contribution < 1.29 is 0 Å². The first kappa shape index (κ1) is 12.8. The minimum atomic E-state index is 0.223. The van der Waals surface area contributed by atoms with Crippen LogP contribution in [0.5, 0.6) is 0 Å². The SMILES string of the molecule is Cc1cnc(Cl)nc1Nc1c(Br)cccc1Br. The lowest BCUT2D eigenvalue weighted by molar-refractivity contribution is 1.13. The third-order valence-corrected chi connectivity index (χ3v) is 3.65. The van der Waals surface area contributed by atoms with Crippen molar-refractivity contribution >= 4 is 55.0 Å². The maximum atomic E-state index is 5.78. The summed E-state index contributed by atoms with van der Waals surface area (Å²) in [6, 6.07) is 5.84. The van der Waals surface area contributed by atoms with E-state index in [4.69, 9.17) is 11.6 Å². The van der Waals surface area contributed by atoms with Crippen molar-refractivity contribution in [2.75, 3.05) is 5.32 Å². The topological polar surface area (TPSA) is 37.8 Å². The molecule has 0 unspecified atom stereocenters. The number of hydrogen-bond acceptors (Lipinski definition) is 3. The van der Waals surface area contributed by atoms with Crippen LogP contribution in [0.2, 0.25) is 5.28 Å². The number of benzene rings is 1. The Morgan fingerprint density at radius 2 is 1.88 bits per heavy atom. The van der Waals surface area contributed by atoms with Gasteiger partial charge in [-0.3, -0.25) is 0 Å². The lowest BCUT2D eigenvalue weighted by atomic mass is 10.3. The first-order chi connectivity index (χ1) is 8.08. The third-order valence-electron chi connectivity index (χ3n) is 2.15. The number of anilines is 2. The van der Waals surface area contributed by atoms with Gasteiger partial charge in [-0.25, -0.2) is 9.97 Å². The van der Waals surface area contributed by atoms with E-state index >= 15 is 0 Å². The minimum absolute atomic E-state index is 0.223. The summed E-state index contributed by atoms with van der Waals surface area (Å²) in [5, 5.41) is 3.44. The molecule has 0 aliphatic heterocycles. The number of rotatable bonds is 2. The molecule has 0 spiro atoms. The first-order valence-electron chi connectivity index (χ1n) is 4.78. The van der Waals surface area contributed by atoms with Crippen LogP contribution in [0, 0.1) is 6.92 Å². The predicted molar refractivity (Wildman–Crippen MR) is 76.9 cm³/mol. The van der Waals surface area contributed by atoms with Crippen LogP contribution >= 0.6 is 43.5 Å². The minimum Gasteiger partial charge on any atom is -0.338 e. The average Bonchev–Trinajstić information content (AvgIpc) is 2.28. The van der Waals surface area contributed by atoms with Gasteiger partial charge in [0.05, 0.1) is 5.69 Å². The van der Waals surface area contributed by atoms with Crippen LogP contribution in [0.4, 0.5) is 11.5 Å². The zero-order valence-electron chi connectivity index (χ0n) is 8.84. The van der Waals surface area contributed by atoms with Gasteiger partial charge in [-0.15, -0.1) is 0 Å². The van der Waals surface area contributed by atoms with Crippen LogP contribution in [0.3, 0.4) is 0 Å². The molecule has 0 radical (unpaired) electrons. The molecule has 0 fully saturated rings. The van der Waals surface area contributed by atoms with E-state index < -0.39 is 0 Å². The largest absolute Gasteiger partial charge is 0.338 e. The molecule has 88 valence electrons. The van der Waals surface area contributed by atoms with Crippen LogP contribution < -0.4 is 5.32 Å². The Bertz CT molecular complexity index is 540. The fraction of sp³-hybridized carbons (Fsp3) is 0.0909. The maximum absolute atomic E-state index is 5.78. The smallest absolute Gasteiger partial charge is 0.224 e. The van der Waals surface area contributed by atoms with Crippen molar-refractivity contribution in [1.82, 2.24) is 9.97 Å². The highest BCUT2D eigenvalue weighted by atomic mass is 79.9. The number of hydrogen-bond donors (Lipinski definition) is 1. The van der Waals surface area contributed by atoms with E-state index in [1.54, 1.807) is 6.20 Å². The molecule has 0 aliphatic rings. The van der Waals surface area contributed by atoms with Gasteiger partial charge in [-0.05, 0) is 62.5 Å². The third kappa shape index (κ3) is 2.97. The summed E-state index contributed by atoms with van der Waals surface area (Å²) in [4.78, 5) is 8.07. The van der Waals surface area contributed by atoms with Crippen molar-refractivity contribution in [3.8, 4) is 0 Å². The number of nitrogens with zero attached hydrogens (tertiary/aromatic N) is 2. The lowest BCUT2D eigenvalue weighted by Gasteiger charge is -2.11. The Hall–Kier alpha value is -0.650. The quantitative estimate of drug-likeness (QED) is 0.771. The summed E-state index contributed by atoms with van der Waals surface area (Å²) < 4.78 is 1.89. The van der Waals surface area contributed by atoms with Crippen LogP contribution in [0.25, 0.3) is 0 Å². The zero-order chi connectivity index (χ0) is 12.4. The molecule has 6 heteroatoms. The van der Waals surface area contributed by atoms with Gasteiger partial charge >= 0.3 is 0 Å². The van der Waals surface area contributed by atoms with Crippen LogP contribution in [0.15, 0.2) is 33.3 Å². The Morgan fingerprint density at radius 1 is 1.24 bits per heavy atom. The number of halogens is 3. The van der Waals surface area contributed by atoms with Gasteiger partial charge < -0.3 is 5.32 Å². The summed E-state index contributed by atoms with van der Waals surface area (Å²) in [6.45, 7) is 1.92. The number of nitrogens with one attached hydrogen (secondary N) is 1. The van der Waals surface area contributed by atoms with Gasteiger partial charge in [0.25, 0.3) is 0 Å². The van der Waals surface area contributed by atoms with Gasteiger partial charge in [0.1, 0.15) is 5.82 Å². The second kappa shape index (κ2) is 5.33. The molecule has 0 saturated carbocycles.